The SMILES string of the molecule is CO[C@]1(c2ccc(C)c(C3=CCC(C)(C)CC3)c2)C[C@@H]2C=C[C@H](C[C@H]1C)O2. The van der Waals surface area contributed by atoms with Crippen LogP contribution in [0, 0.1) is 18.3 Å². The number of benzene rings is 1. The molecule has 4 rings (SSSR count). The van der Waals surface area contributed by atoms with Crippen molar-refractivity contribution >= 4 is 5.57 Å². The minimum atomic E-state index is -0.277. The molecular formula is C25H34O2. The summed E-state index contributed by atoms with van der Waals surface area (Å²) < 4.78 is 12.5. The summed E-state index contributed by atoms with van der Waals surface area (Å²) >= 11 is 0. The van der Waals surface area contributed by atoms with Crippen LogP contribution in [0.15, 0.2) is 36.4 Å². The normalized spacial score (nSPS) is 35.0. The van der Waals surface area contributed by atoms with Crippen LogP contribution in [0.5, 0.6) is 0 Å². The second-order valence-corrected chi connectivity index (χ2v) is 9.66. The summed E-state index contributed by atoms with van der Waals surface area (Å²) in [7, 11) is 1.88. The van der Waals surface area contributed by atoms with Gasteiger partial charge in [0.2, 0.25) is 0 Å². The fraction of sp³-hybridized carbons (Fsp3) is 0.600. The van der Waals surface area contributed by atoms with Gasteiger partial charge in [0.1, 0.15) is 0 Å². The van der Waals surface area contributed by atoms with Gasteiger partial charge in [0.25, 0.3) is 0 Å². The molecule has 1 aromatic carbocycles. The Balaban J connectivity index is 1.73. The van der Waals surface area contributed by atoms with E-state index in [1.54, 1.807) is 0 Å². The van der Waals surface area contributed by atoms with Gasteiger partial charge in [-0.15, -0.1) is 0 Å². The molecule has 0 N–H and O–H groups in total. The van der Waals surface area contributed by atoms with E-state index in [2.05, 4.69) is 64.1 Å². The van der Waals surface area contributed by atoms with Gasteiger partial charge >= 0.3 is 0 Å². The number of hydrogen-bond donors (Lipinski definition) is 0. The van der Waals surface area contributed by atoms with Crippen molar-refractivity contribution in [2.24, 2.45) is 11.3 Å². The molecule has 0 amide bonds. The van der Waals surface area contributed by atoms with Crippen LogP contribution in [0.3, 0.4) is 0 Å². The molecule has 27 heavy (non-hydrogen) atoms. The van der Waals surface area contributed by atoms with Gasteiger partial charge in [-0.05, 0) is 72.3 Å². The summed E-state index contributed by atoms with van der Waals surface area (Å²) in [6, 6.07) is 7.00. The minimum Gasteiger partial charge on any atom is -0.373 e. The molecule has 3 aliphatic rings. The highest BCUT2D eigenvalue weighted by Gasteiger charge is 2.45. The van der Waals surface area contributed by atoms with E-state index in [9.17, 15) is 0 Å². The lowest BCUT2D eigenvalue weighted by molar-refractivity contribution is -0.0711. The van der Waals surface area contributed by atoms with Crippen LogP contribution >= 0.6 is 0 Å². The zero-order valence-corrected chi connectivity index (χ0v) is 17.5. The Morgan fingerprint density at radius 1 is 1.15 bits per heavy atom. The number of rotatable bonds is 3. The first-order chi connectivity index (χ1) is 12.8. The Labute approximate surface area is 164 Å². The van der Waals surface area contributed by atoms with Gasteiger partial charge in [0, 0.05) is 13.5 Å². The van der Waals surface area contributed by atoms with Gasteiger partial charge in [-0.1, -0.05) is 51.1 Å². The fourth-order valence-electron chi connectivity index (χ4n) is 5.21. The first kappa shape index (κ1) is 19.0. The Hall–Kier alpha value is -1.38. The van der Waals surface area contributed by atoms with Crippen LogP contribution in [-0.2, 0) is 15.1 Å². The molecule has 146 valence electrons. The highest BCUT2D eigenvalue weighted by atomic mass is 16.5. The zero-order chi connectivity index (χ0) is 19.2. The van der Waals surface area contributed by atoms with Crippen molar-refractivity contribution in [2.75, 3.05) is 7.11 Å². The van der Waals surface area contributed by atoms with E-state index in [4.69, 9.17) is 9.47 Å². The highest BCUT2D eigenvalue weighted by Crippen LogP contribution is 2.47. The van der Waals surface area contributed by atoms with E-state index in [1.807, 2.05) is 7.11 Å². The maximum Gasteiger partial charge on any atom is 0.0982 e. The lowest BCUT2D eigenvalue weighted by Gasteiger charge is -2.39. The average Bonchev–Trinajstić information content (AvgIpc) is 3.00. The summed E-state index contributed by atoms with van der Waals surface area (Å²) in [6.07, 6.45) is 12.9. The Morgan fingerprint density at radius 3 is 2.63 bits per heavy atom. The van der Waals surface area contributed by atoms with Crippen molar-refractivity contribution in [1.82, 2.24) is 0 Å². The summed E-state index contributed by atoms with van der Waals surface area (Å²) in [5, 5.41) is 0. The molecule has 1 fully saturated rings. The molecule has 2 nitrogen and oxygen atoms in total. The van der Waals surface area contributed by atoms with E-state index >= 15 is 0 Å². The number of hydrogen-bond acceptors (Lipinski definition) is 2. The lowest BCUT2D eigenvalue weighted by atomic mass is 9.73. The summed E-state index contributed by atoms with van der Waals surface area (Å²) in [5.41, 5.74) is 5.77. The molecule has 0 radical (unpaired) electrons. The van der Waals surface area contributed by atoms with Crippen molar-refractivity contribution in [1.29, 1.82) is 0 Å². The third-order valence-electron chi connectivity index (χ3n) is 7.18. The second kappa shape index (κ2) is 6.90. The topological polar surface area (TPSA) is 18.5 Å². The molecule has 2 bridgehead atoms. The zero-order valence-electron chi connectivity index (χ0n) is 17.5. The molecular weight excluding hydrogens is 332 g/mol. The quantitative estimate of drug-likeness (QED) is 0.594. The first-order valence-corrected chi connectivity index (χ1v) is 10.5. The van der Waals surface area contributed by atoms with Crippen LogP contribution in [0.1, 0.15) is 69.6 Å². The number of methoxy groups -OCH3 is 1. The summed E-state index contributed by atoms with van der Waals surface area (Å²) in [6.45, 7) is 9.31. The van der Waals surface area contributed by atoms with Crippen LogP contribution in [0.25, 0.3) is 5.57 Å². The van der Waals surface area contributed by atoms with E-state index in [1.165, 1.54) is 41.5 Å². The molecule has 0 saturated carbocycles. The predicted molar refractivity (Wildman–Crippen MR) is 112 cm³/mol. The third-order valence-corrected chi connectivity index (χ3v) is 7.18. The smallest absolute Gasteiger partial charge is 0.0982 e. The average molecular weight is 367 g/mol. The van der Waals surface area contributed by atoms with E-state index in [-0.39, 0.29) is 17.8 Å². The van der Waals surface area contributed by atoms with Gasteiger partial charge < -0.3 is 9.47 Å². The molecule has 0 aromatic heterocycles. The molecule has 2 heteroatoms. The Kier molecular flexibility index (Phi) is 4.84. The fourth-order valence-corrected chi connectivity index (χ4v) is 5.21. The molecule has 1 aromatic rings. The van der Waals surface area contributed by atoms with Crippen molar-refractivity contribution in [2.45, 2.75) is 77.6 Å². The van der Waals surface area contributed by atoms with E-state index in [0.29, 0.717) is 11.3 Å². The second-order valence-electron chi connectivity index (χ2n) is 9.66. The third kappa shape index (κ3) is 3.43. The lowest BCUT2D eigenvalue weighted by Crippen LogP contribution is -2.38. The van der Waals surface area contributed by atoms with Gasteiger partial charge in [0.15, 0.2) is 0 Å². The van der Waals surface area contributed by atoms with Gasteiger partial charge in [-0.3, -0.25) is 0 Å². The molecule has 0 unspecified atom stereocenters. The molecule has 1 aliphatic carbocycles. The van der Waals surface area contributed by atoms with Crippen molar-refractivity contribution < 1.29 is 9.47 Å². The van der Waals surface area contributed by atoms with E-state index in [0.717, 1.165) is 12.8 Å². The van der Waals surface area contributed by atoms with Crippen molar-refractivity contribution in [3.8, 4) is 0 Å². The van der Waals surface area contributed by atoms with E-state index < -0.39 is 0 Å². The van der Waals surface area contributed by atoms with Crippen LogP contribution in [0.4, 0.5) is 0 Å². The largest absolute Gasteiger partial charge is 0.373 e. The van der Waals surface area contributed by atoms with Crippen LogP contribution in [0.2, 0.25) is 0 Å². The summed E-state index contributed by atoms with van der Waals surface area (Å²) in [5.74, 6) is 0.414. The highest BCUT2D eigenvalue weighted by molar-refractivity contribution is 5.70. The van der Waals surface area contributed by atoms with Crippen molar-refractivity contribution in [3.05, 3.63) is 53.1 Å². The number of fused-ring (bicyclic) bond motifs is 2. The molecule has 0 spiro atoms. The standard InChI is InChI=1S/C25H34O2/c1-17-6-7-20(15-23(17)19-10-12-24(3,4)13-11-19)25(26-5)16-22-9-8-21(27-22)14-18(25)2/h6-10,15,18,21-22H,11-14,16H2,1-5H3/t18-,21-,22+,25-/m1/s1. The molecule has 4 atom stereocenters. The summed E-state index contributed by atoms with van der Waals surface area (Å²) in [4.78, 5) is 0. The number of allylic oxidation sites excluding steroid dienone is 2. The first-order valence-electron chi connectivity index (χ1n) is 10.5. The van der Waals surface area contributed by atoms with Gasteiger partial charge in [-0.25, -0.2) is 0 Å². The van der Waals surface area contributed by atoms with Crippen LogP contribution < -0.4 is 0 Å². The Morgan fingerprint density at radius 2 is 1.93 bits per heavy atom. The number of ether oxygens (including phenoxy) is 2. The Bertz CT molecular complexity index is 773. The van der Waals surface area contributed by atoms with Crippen molar-refractivity contribution in [3.63, 3.8) is 0 Å². The molecule has 2 aliphatic heterocycles. The minimum absolute atomic E-state index is 0.166. The van der Waals surface area contributed by atoms with Gasteiger partial charge in [-0.2, -0.15) is 0 Å². The van der Waals surface area contributed by atoms with Crippen LogP contribution in [-0.4, -0.2) is 19.3 Å². The monoisotopic (exact) mass is 366 g/mol. The molecule has 1 saturated heterocycles. The van der Waals surface area contributed by atoms with Gasteiger partial charge in [0.05, 0.1) is 17.8 Å². The number of aryl methyl sites for hydroxylation is 1. The maximum absolute atomic E-state index is 6.29. The maximum atomic E-state index is 6.29. The molecule has 2 heterocycles. The predicted octanol–water partition coefficient (Wildman–Crippen LogP) is 6.18.